The van der Waals surface area contributed by atoms with Gasteiger partial charge in [0.1, 0.15) is 11.9 Å². The van der Waals surface area contributed by atoms with Crippen LogP contribution >= 0.6 is 0 Å². The Bertz CT molecular complexity index is 949. The number of anilines is 1. The van der Waals surface area contributed by atoms with Gasteiger partial charge in [-0.1, -0.05) is 18.2 Å². The van der Waals surface area contributed by atoms with Crippen LogP contribution in [0.1, 0.15) is 37.7 Å². The van der Waals surface area contributed by atoms with Gasteiger partial charge in [0.25, 0.3) is 0 Å². The summed E-state index contributed by atoms with van der Waals surface area (Å²) in [5.74, 6) is 0.702. The summed E-state index contributed by atoms with van der Waals surface area (Å²) in [5, 5.41) is 5.53. The minimum atomic E-state index is -0.411. The van der Waals surface area contributed by atoms with E-state index in [2.05, 4.69) is 24.4 Å². The molecule has 7 heteroatoms. The first-order valence-corrected chi connectivity index (χ1v) is 11.3. The molecular weight excluding hydrogens is 390 g/mol. The number of carbonyl (C=O) groups is 2. The van der Waals surface area contributed by atoms with Gasteiger partial charge in [-0.15, -0.1) is 0 Å². The lowest BCUT2D eigenvalue weighted by Crippen LogP contribution is -2.59. The van der Waals surface area contributed by atoms with E-state index in [4.69, 9.17) is 4.98 Å². The summed E-state index contributed by atoms with van der Waals surface area (Å²) in [5.41, 5.74) is 1.10. The van der Waals surface area contributed by atoms with Crippen LogP contribution in [-0.2, 0) is 4.79 Å². The van der Waals surface area contributed by atoms with Gasteiger partial charge in [0, 0.05) is 38.8 Å². The molecule has 2 saturated heterocycles. The molecule has 0 radical (unpaired) electrons. The Balaban J connectivity index is 1.79. The quantitative estimate of drug-likeness (QED) is 0.823. The molecule has 4 rings (SSSR count). The second kappa shape index (κ2) is 9.22. The molecule has 2 atom stereocenters. The molecule has 0 spiro atoms. The zero-order valence-corrected chi connectivity index (χ0v) is 18.8. The summed E-state index contributed by atoms with van der Waals surface area (Å²) in [4.78, 5) is 37.0. The molecule has 31 heavy (non-hydrogen) atoms. The van der Waals surface area contributed by atoms with Crippen molar-refractivity contribution in [2.75, 3.05) is 38.6 Å². The third-order valence-corrected chi connectivity index (χ3v) is 6.52. The van der Waals surface area contributed by atoms with Gasteiger partial charge < -0.3 is 15.1 Å². The van der Waals surface area contributed by atoms with E-state index in [1.165, 1.54) is 0 Å². The van der Waals surface area contributed by atoms with Crippen molar-refractivity contribution in [1.82, 2.24) is 20.1 Å². The van der Waals surface area contributed by atoms with Crippen molar-refractivity contribution >= 4 is 28.5 Å². The predicted octanol–water partition coefficient (Wildman–Crippen LogP) is 3.16. The van der Waals surface area contributed by atoms with E-state index in [0.717, 1.165) is 55.1 Å². The first-order valence-electron chi connectivity index (χ1n) is 11.3. The number of likely N-dealkylation sites (tertiary alicyclic amines) is 1. The number of aromatic nitrogens is 1. The van der Waals surface area contributed by atoms with Crippen molar-refractivity contribution in [3.63, 3.8) is 0 Å². The fraction of sp³-hybridized carbons (Fsp3) is 0.542. The smallest absolute Gasteiger partial charge is 0.326 e. The SMILES string of the molecule is Cc1cccc2ccnc(N(C(=O)N3CCCC[C@@H]3C(=O)N(C)C)[C@@H]3CCCNC3)c12. The number of carbonyl (C=O) groups excluding carboxylic acids is 2. The van der Waals surface area contributed by atoms with Gasteiger partial charge in [-0.2, -0.15) is 0 Å². The van der Waals surface area contributed by atoms with Crippen LogP contribution < -0.4 is 10.2 Å². The number of urea groups is 1. The van der Waals surface area contributed by atoms with Crippen LogP contribution in [0.4, 0.5) is 10.6 Å². The van der Waals surface area contributed by atoms with Gasteiger partial charge in [0.05, 0.1) is 6.04 Å². The maximum Gasteiger partial charge on any atom is 0.326 e. The summed E-state index contributed by atoms with van der Waals surface area (Å²) < 4.78 is 0. The molecule has 1 aromatic heterocycles. The zero-order valence-electron chi connectivity index (χ0n) is 18.8. The number of likely N-dealkylation sites (N-methyl/N-ethyl adjacent to an activating group) is 1. The van der Waals surface area contributed by atoms with Crippen molar-refractivity contribution in [2.45, 2.75) is 51.1 Å². The van der Waals surface area contributed by atoms with Crippen LogP contribution in [0.25, 0.3) is 10.8 Å². The molecule has 166 valence electrons. The van der Waals surface area contributed by atoms with Crippen LogP contribution in [-0.4, -0.2) is 72.5 Å². The largest absolute Gasteiger partial charge is 0.347 e. The lowest BCUT2D eigenvalue weighted by molar-refractivity contribution is -0.134. The highest BCUT2D eigenvalue weighted by Crippen LogP contribution is 2.32. The molecule has 1 aromatic carbocycles. The van der Waals surface area contributed by atoms with E-state index in [0.29, 0.717) is 18.8 Å². The Morgan fingerprint density at radius 1 is 1.13 bits per heavy atom. The Morgan fingerprint density at radius 3 is 2.71 bits per heavy atom. The average Bonchev–Trinajstić information content (AvgIpc) is 2.79. The van der Waals surface area contributed by atoms with Crippen molar-refractivity contribution in [3.8, 4) is 0 Å². The first-order chi connectivity index (χ1) is 15.0. The molecule has 0 unspecified atom stereocenters. The molecule has 0 bridgehead atoms. The number of hydrogen-bond donors (Lipinski definition) is 1. The summed E-state index contributed by atoms with van der Waals surface area (Å²) in [6.07, 6.45) is 6.31. The number of benzene rings is 1. The van der Waals surface area contributed by atoms with Crippen LogP contribution in [0.5, 0.6) is 0 Å². The lowest BCUT2D eigenvalue weighted by atomic mass is 10.00. The number of nitrogens with zero attached hydrogens (tertiary/aromatic N) is 4. The number of rotatable bonds is 3. The molecule has 2 fully saturated rings. The fourth-order valence-electron chi connectivity index (χ4n) is 4.90. The van der Waals surface area contributed by atoms with Crippen LogP contribution in [0, 0.1) is 6.92 Å². The summed E-state index contributed by atoms with van der Waals surface area (Å²) >= 11 is 0. The minimum Gasteiger partial charge on any atom is -0.347 e. The number of pyridine rings is 1. The van der Waals surface area contributed by atoms with Gasteiger partial charge in [-0.25, -0.2) is 9.78 Å². The second-order valence-electron chi connectivity index (χ2n) is 8.90. The monoisotopic (exact) mass is 423 g/mol. The van der Waals surface area contributed by atoms with E-state index in [9.17, 15) is 9.59 Å². The molecule has 2 aromatic rings. The minimum absolute atomic E-state index is 0.00294. The molecule has 7 nitrogen and oxygen atoms in total. The van der Waals surface area contributed by atoms with E-state index < -0.39 is 6.04 Å². The van der Waals surface area contributed by atoms with Crippen LogP contribution in [0.2, 0.25) is 0 Å². The number of piperidine rings is 2. The van der Waals surface area contributed by atoms with Crippen LogP contribution in [0.3, 0.4) is 0 Å². The normalized spacial score (nSPS) is 21.7. The number of amides is 3. The highest BCUT2D eigenvalue weighted by Gasteiger charge is 2.39. The van der Waals surface area contributed by atoms with Crippen molar-refractivity contribution in [1.29, 1.82) is 0 Å². The van der Waals surface area contributed by atoms with E-state index in [1.807, 2.05) is 17.0 Å². The Labute approximate surface area is 184 Å². The maximum absolute atomic E-state index is 14.1. The second-order valence-corrected chi connectivity index (χ2v) is 8.90. The molecule has 1 N–H and O–H groups in total. The van der Waals surface area contributed by atoms with Gasteiger partial charge in [-0.05, 0) is 62.6 Å². The molecule has 0 aliphatic carbocycles. The van der Waals surface area contributed by atoms with Crippen molar-refractivity contribution in [2.24, 2.45) is 0 Å². The molecule has 3 amide bonds. The van der Waals surface area contributed by atoms with Crippen LogP contribution in [0.15, 0.2) is 30.5 Å². The van der Waals surface area contributed by atoms with Crippen molar-refractivity contribution < 1.29 is 9.59 Å². The van der Waals surface area contributed by atoms with Crippen molar-refractivity contribution in [3.05, 3.63) is 36.0 Å². The number of hydrogen-bond acceptors (Lipinski definition) is 4. The Morgan fingerprint density at radius 2 is 1.97 bits per heavy atom. The number of aryl methyl sites for hydroxylation is 1. The zero-order chi connectivity index (χ0) is 22.0. The van der Waals surface area contributed by atoms with E-state index in [1.54, 1.807) is 30.1 Å². The number of nitrogens with one attached hydrogen (secondary N) is 1. The maximum atomic E-state index is 14.1. The third kappa shape index (κ3) is 4.24. The highest BCUT2D eigenvalue weighted by molar-refractivity contribution is 6.04. The number of fused-ring (bicyclic) bond motifs is 1. The Kier molecular flexibility index (Phi) is 6.41. The lowest BCUT2D eigenvalue weighted by Gasteiger charge is -2.42. The van der Waals surface area contributed by atoms with Gasteiger partial charge >= 0.3 is 6.03 Å². The van der Waals surface area contributed by atoms with Gasteiger partial charge in [0.2, 0.25) is 5.91 Å². The summed E-state index contributed by atoms with van der Waals surface area (Å²) in [7, 11) is 3.52. The predicted molar refractivity (Wildman–Crippen MR) is 123 cm³/mol. The van der Waals surface area contributed by atoms with E-state index >= 15 is 0 Å². The molecule has 2 aliphatic rings. The highest BCUT2D eigenvalue weighted by atomic mass is 16.2. The summed E-state index contributed by atoms with van der Waals surface area (Å²) in [6.45, 7) is 4.36. The fourth-order valence-corrected chi connectivity index (χ4v) is 4.90. The third-order valence-electron chi connectivity index (χ3n) is 6.52. The molecule has 3 heterocycles. The first kappa shape index (κ1) is 21.6. The summed E-state index contributed by atoms with van der Waals surface area (Å²) in [6, 6.07) is 7.65. The van der Waals surface area contributed by atoms with Gasteiger partial charge in [0.15, 0.2) is 0 Å². The molecule has 0 saturated carbocycles. The topological polar surface area (TPSA) is 68.8 Å². The van der Waals surface area contributed by atoms with Gasteiger partial charge in [-0.3, -0.25) is 9.69 Å². The molecule has 2 aliphatic heterocycles. The Hall–Kier alpha value is -2.67. The standard InChI is InChI=1S/C24H33N5O2/c1-17-8-6-9-18-12-14-26-22(21(17)18)29(19-10-7-13-25-16-19)24(31)28-15-5-4-11-20(28)23(30)27(2)3/h6,8-9,12,14,19-20,25H,4-5,7,10-11,13,15-16H2,1-3H3/t19-,20-/m1/s1. The molecular formula is C24H33N5O2. The van der Waals surface area contributed by atoms with E-state index in [-0.39, 0.29) is 18.0 Å². The average molecular weight is 424 g/mol.